The predicted molar refractivity (Wildman–Crippen MR) is 70.7 cm³/mol. The number of nitrogens with two attached hydrogens (primary N) is 1. The van der Waals surface area contributed by atoms with Crippen molar-refractivity contribution >= 4 is 45.2 Å². The number of fused-ring (bicyclic) bond motifs is 1. The van der Waals surface area contributed by atoms with Crippen LogP contribution in [-0.2, 0) is 0 Å². The minimum absolute atomic E-state index is 0.402. The fourth-order valence-electron chi connectivity index (χ4n) is 1.49. The van der Waals surface area contributed by atoms with Crippen LogP contribution in [0.2, 0.25) is 0 Å². The Morgan fingerprint density at radius 3 is 2.93 bits per heavy atom. The van der Waals surface area contributed by atoms with Crippen molar-refractivity contribution in [3.8, 4) is 0 Å². The topological polar surface area (TPSA) is 60.9 Å². The smallest absolute Gasteiger partial charge is 0.248 e. The zero-order chi connectivity index (χ0) is 11.0. The second kappa shape index (κ2) is 4.06. The monoisotopic (exact) mass is 333 g/mol. The summed E-state index contributed by atoms with van der Waals surface area (Å²) in [7, 11) is 0. The van der Waals surface area contributed by atoms with E-state index in [0.717, 1.165) is 16.6 Å². The lowest BCUT2D eigenvalue weighted by Gasteiger charge is -1.98. The SMILES string of the molecule is Cc1nn(PI)c2ccc(C(N)=O)cc12. The first kappa shape index (κ1) is 10.8. The summed E-state index contributed by atoms with van der Waals surface area (Å²) < 4.78 is 1.93. The van der Waals surface area contributed by atoms with E-state index < -0.39 is 5.91 Å². The number of carbonyl (C=O) groups is 1. The molecule has 0 fully saturated rings. The minimum Gasteiger partial charge on any atom is -0.366 e. The molecule has 2 aromatic rings. The van der Waals surface area contributed by atoms with Gasteiger partial charge in [-0.05, 0) is 47.2 Å². The number of carbonyl (C=O) groups excluding carboxylic acids is 1. The van der Waals surface area contributed by atoms with Gasteiger partial charge in [0.05, 0.1) is 17.6 Å². The zero-order valence-electron chi connectivity index (χ0n) is 7.99. The van der Waals surface area contributed by atoms with Crippen molar-refractivity contribution in [3.05, 3.63) is 29.5 Å². The van der Waals surface area contributed by atoms with Gasteiger partial charge < -0.3 is 5.73 Å². The van der Waals surface area contributed by atoms with Crippen molar-refractivity contribution in [2.24, 2.45) is 5.73 Å². The number of hydrogen-bond donors (Lipinski definition) is 1. The molecular weight excluding hydrogens is 324 g/mol. The lowest BCUT2D eigenvalue weighted by molar-refractivity contribution is 0.100. The quantitative estimate of drug-likeness (QED) is 0.677. The lowest BCUT2D eigenvalue weighted by atomic mass is 10.1. The van der Waals surface area contributed by atoms with Crippen LogP contribution in [0.4, 0.5) is 0 Å². The molecule has 1 unspecified atom stereocenters. The van der Waals surface area contributed by atoms with E-state index in [1.165, 1.54) is 0 Å². The van der Waals surface area contributed by atoms with E-state index in [-0.39, 0.29) is 0 Å². The minimum atomic E-state index is -0.402. The zero-order valence-corrected chi connectivity index (χ0v) is 11.1. The van der Waals surface area contributed by atoms with Crippen molar-refractivity contribution in [1.29, 1.82) is 0 Å². The second-order valence-electron chi connectivity index (χ2n) is 3.18. The van der Waals surface area contributed by atoms with E-state index in [1.807, 2.05) is 17.4 Å². The van der Waals surface area contributed by atoms with Crippen LogP contribution in [0, 0.1) is 6.92 Å². The van der Waals surface area contributed by atoms with Crippen LogP contribution in [0.1, 0.15) is 16.1 Å². The van der Waals surface area contributed by atoms with E-state index in [9.17, 15) is 4.79 Å². The van der Waals surface area contributed by atoms with Crippen LogP contribution < -0.4 is 5.73 Å². The summed E-state index contributed by atoms with van der Waals surface area (Å²) in [5.41, 5.74) is 7.73. The molecule has 0 bridgehead atoms. The van der Waals surface area contributed by atoms with E-state index in [1.54, 1.807) is 12.1 Å². The maximum Gasteiger partial charge on any atom is 0.248 e. The first-order valence-electron chi connectivity index (χ1n) is 4.29. The Bertz CT molecular complexity index is 537. The summed E-state index contributed by atoms with van der Waals surface area (Å²) in [6, 6.07) is 5.42. The van der Waals surface area contributed by atoms with Crippen LogP contribution in [0.3, 0.4) is 0 Å². The van der Waals surface area contributed by atoms with Gasteiger partial charge in [0, 0.05) is 10.9 Å². The van der Waals surface area contributed by atoms with Crippen LogP contribution in [0.25, 0.3) is 10.9 Å². The number of rotatable bonds is 2. The first-order valence-corrected chi connectivity index (χ1v) is 8.35. The number of hydrogen-bond acceptors (Lipinski definition) is 2. The molecule has 0 aliphatic heterocycles. The molecule has 0 saturated carbocycles. The number of aryl methyl sites for hydroxylation is 1. The van der Waals surface area contributed by atoms with Gasteiger partial charge in [-0.3, -0.25) is 4.79 Å². The number of benzene rings is 1. The van der Waals surface area contributed by atoms with E-state index in [4.69, 9.17) is 5.73 Å². The molecule has 1 amide bonds. The lowest BCUT2D eigenvalue weighted by Crippen LogP contribution is -2.10. The Morgan fingerprint density at radius 1 is 1.60 bits per heavy atom. The Hall–Kier alpha value is -0.680. The Labute approximate surface area is 102 Å². The van der Waals surface area contributed by atoms with Crippen LogP contribution >= 0.6 is 28.4 Å². The maximum absolute atomic E-state index is 11.0. The first-order chi connectivity index (χ1) is 7.13. The summed E-state index contributed by atoms with van der Waals surface area (Å²) in [6.07, 6.45) is 0.555. The predicted octanol–water partition coefficient (Wildman–Crippen LogP) is 2.24. The highest BCUT2D eigenvalue weighted by Gasteiger charge is 2.09. The summed E-state index contributed by atoms with van der Waals surface area (Å²) >= 11 is 2.27. The Morgan fingerprint density at radius 2 is 2.33 bits per heavy atom. The molecule has 1 atom stereocenters. The summed E-state index contributed by atoms with van der Waals surface area (Å²) in [6.45, 7) is 1.93. The molecule has 2 N–H and O–H groups in total. The number of halogens is 1. The van der Waals surface area contributed by atoms with Crippen molar-refractivity contribution in [2.75, 3.05) is 0 Å². The fourth-order valence-corrected chi connectivity index (χ4v) is 3.06. The van der Waals surface area contributed by atoms with Gasteiger partial charge in [-0.15, -0.1) is 0 Å². The number of nitrogens with zero attached hydrogens (tertiary/aromatic N) is 2. The van der Waals surface area contributed by atoms with Crippen LogP contribution in [-0.4, -0.2) is 15.5 Å². The second-order valence-corrected chi connectivity index (χ2v) is 5.22. The van der Waals surface area contributed by atoms with Crippen molar-refractivity contribution in [2.45, 2.75) is 6.92 Å². The normalized spacial score (nSPS) is 11.6. The van der Waals surface area contributed by atoms with Gasteiger partial charge in [-0.25, -0.2) is 4.45 Å². The van der Waals surface area contributed by atoms with E-state index in [2.05, 4.69) is 27.1 Å². The van der Waals surface area contributed by atoms with Gasteiger partial charge in [0.2, 0.25) is 5.91 Å². The van der Waals surface area contributed by atoms with Crippen LogP contribution in [0.15, 0.2) is 18.2 Å². The number of aromatic nitrogens is 2. The van der Waals surface area contributed by atoms with Gasteiger partial charge in [-0.1, -0.05) is 0 Å². The fraction of sp³-hybridized carbons (Fsp3) is 0.111. The van der Waals surface area contributed by atoms with Crippen molar-refractivity contribution < 1.29 is 4.79 Å². The number of primary amides is 1. The third kappa shape index (κ3) is 1.86. The third-order valence-electron chi connectivity index (χ3n) is 2.23. The molecule has 15 heavy (non-hydrogen) atoms. The largest absolute Gasteiger partial charge is 0.366 e. The summed E-state index contributed by atoms with van der Waals surface area (Å²) in [5, 5.41) is 5.37. The molecule has 1 aromatic heterocycles. The maximum atomic E-state index is 11.0. The summed E-state index contributed by atoms with van der Waals surface area (Å²) in [5.74, 6) is -0.402. The highest BCUT2D eigenvalue weighted by atomic mass is 127. The molecular formula is C9H9IN3OP. The highest BCUT2D eigenvalue weighted by Crippen LogP contribution is 2.30. The molecule has 0 aliphatic rings. The molecule has 0 radical (unpaired) electrons. The molecule has 1 aromatic carbocycles. The molecule has 1 heterocycles. The molecule has 78 valence electrons. The molecule has 2 rings (SSSR count). The number of amides is 1. The highest BCUT2D eigenvalue weighted by molar-refractivity contribution is 14.2. The molecule has 0 spiro atoms. The van der Waals surface area contributed by atoms with Crippen molar-refractivity contribution in [1.82, 2.24) is 9.55 Å². The van der Waals surface area contributed by atoms with Crippen LogP contribution in [0.5, 0.6) is 0 Å². The Kier molecular flexibility index (Phi) is 2.93. The van der Waals surface area contributed by atoms with Gasteiger partial charge >= 0.3 is 0 Å². The molecule has 0 saturated heterocycles. The molecule has 4 nitrogen and oxygen atoms in total. The standard InChI is InChI=1S/C9H9IN3OP/c1-5-7-4-6(9(11)14)2-3-8(7)13(12-5)15-10/h2-4,15H,1H3,(H2,11,14). The van der Waals surface area contributed by atoms with E-state index in [0.29, 0.717) is 11.9 Å². The average molecular weight is 333 g/mol. The molecule has 6 heteroatoms. The van der Waals surface area contributed by atoms with Gasteiger partial charge in [-0.2, -0.15) is 5.10 Å². The Balaban J connectivity index is 2.72. The summed E-state index contributed by atoms with van der Waals surface area (Å²) in [4.78, 5) is 11.0. The van der Waals surface area contributed by atoms with Gasteiger partial charge in [0.25, 0.3) is 0 Å². The van der Waals surface area contributed by atoms with Gasteiger partial charge in [0.15, 0.2) is 0 Å². The average Bonchev–Trinajstić information content (AvgIpc) is 2.55. The van der Waals surface area contributed by atoms with E-state index >= 15 is 0 Å². The third-order valence-corrected chi connectivity index (χ3v) is 4.10. The van der Waals surface area contributed by atoms with Crippen molar-refractivity contribution in [3.63, 3.8) is 0 Å². The van der Waals surface area contributed by atoms with Gasteiger partial charge in [0.1, 0.15) is 0 Å². The molecule has 0 aliphatic carbocycles.